The Morgan fingerprint density at radius 1 is 1.00 bits per heavy atom. The lowest BCUT2D eigenvalue weighted by molar-refractivity contribution is 0.253. The molecule has 5 heteroatoms. The molecule has 0 aliphatic carbocycles. The average Bonchev–Trinajstić information content (AvgIpc) is 3.06. The zero-order valence-corrected chi connectivity index (χ0v) is 15.8. The lowest BCUT2D eigenvalue weighted by Gasteiger charge is -2.10. The minimum Gasteiger partial charge on any atom is -0.497 e. The van der Waals surface area contributed by atoms with Gasteiger partial charge in [0.1, 0.15) is 12.4 Å². The van der Waals surface area contributed by atoms with Crippen LogP contribution in [-0.4, -0.2) is 49.0 Å². The first-order valence-electron chi connectivity index (χ1n) is 8.65. The first kappa shape index (κ1) is 18.0. The summed E-state index contributed by atoms with van der Waals surface area (Å²) in [7, 11) is 5.72. The van der Waals surface area contributed by atoms with Gasteiger partial charge in [0.2, 0.25) is 5.88 Å². The van der Waals surface area contributed by atoms with Gasteiger partial charge in [0.05, 0.1) is 18.4 Å². The molecular weight excluding hydrogens is 326 g/mol. The molecule has 0 aliphatic heterocycles. The number of ether oxygens (including phenoxy) is 2. The molecule has 136 valence electrons. The predicted octanol–water partition coefficient (Wildman–Crippen LogP) is 3.80. The first-order valence-corrected chi connectivity index (χ1v) is 8.65. The van der Waals surface area contributed by atoms with Gasteiger partial charge in [-0.3, -0.25) is 0 Å². The largest absolute Gasteiger partial charge is 0.497 e. The summed E-state index contributed by atoms with van der Waals surface area (Å²) in [6.07, 6.45) is 2.01. The molecule has 5 nitrogen and oxygen atoms in total. The van der Waals surface area contributed by atoms with Gasteiger partial charge < -0.3 is 14.4 Å². The van der Waals surface area contributed by atoms with Gasteiger partial charge in [-0.2, -0.15) is 0 Å². The van der Waals surface area contributed by atoms with E-state index in [1.54, 1.807) is 7.11 Å². The van der Waals surface area contributed by atoms with Crippen LogP contribution in [0.25, 0.3) is 16.8 Å². The van der Waals surface area contributed by atoms with Gasteiger partial charge in [-0.25, -0.2) is 4.68 Å². The van der Waals surface area contributed by atoms with E-state index in [0.717, 1.165) is 29.1 Å². The Balaban J connectivity index is 1.94. The zero-order valence-electron chi connectivity index (χ0n) is 15.8. The molecule has 0 bridgehead atoms. The number of likely N-dealkylation sites (N-methyl/N-ethyl adjacent to an activating group) is 1. The van der Waals surface area contributed by atoms with E-state index in [9.17, 15) is 0 Å². The van der Waals surface area contributed by atoms with Crippen molar-refractivity contribution >= 4 is 0 Å². The van der Waals surface area contributed by atoms with Crippen molar-refractivity contribution in [3.05, 3.63) is 60.3 Å². The normalized spacial score (nSPS) is 11.0. The van der Waals surface area contributed by atoms with Crippen molar-refractivity contribution in [2.45, 2.75) is 6.92 Å². The Kier molecular flexibility index (Phi) is 5.58. The van der Waals surface area contributed by atoms with E-state index in [1.807, 2.05) is 49.2 Å². The van der Waals surface area contributed by atoms with Gasteiger partial charge in [0.15, 0.2) is 0 Å². The number of benzene rings is 2. The summed E-state index contributed by atoms with van der Waals surface area (Å²) in [5.41, 5.74) is 4.24. The molecule has 1 heterocycles. The molecule has 0 radical (unpaired) electrons. The van der Waals surface area contributed by atoms with E-state index in [0.29, 0.717) is 12.5 Å². The maximum Gasteiger partial charge on any atom is 0.241 e. The SMILES string of the molecule is COc1ccc(-c2cn(-c3ccc(C)cc3)nc2OCCN(C)C)cc1. The summed E-state index contributed by atoms with van der Waals surface area (Å²) in [6.45, 7) is 3.49. The van der Waals surface area contributed by atoms with Crippen LogP contribution in [0.2, 0.25) is 0 Å². The van der Waals surface area contributed by atoms with Crippen molar-refractivity contribution in [2.24, 2.45) is 0 Å². The lowest BCUT2D eigenvalue weighted by atomic mass is 10.1. The van der Waals surface area contributed by atoms with Crippen molar-refractivity contribution in [3.8, 4) is 28.4 Å². The van der Waals surface area contributed by atoms with Crippen LogP contribution in [0.1, 0.15) is 5.56 Å². The second-order valence-corrected chi connectivity index (χ2v) is 6.51. The maximum atomic E-state index is 5.98. The molecule has 0 N–H and O–H groups in total. The highest BCUT2D eigenvalue weighted by Crippen LogP contribution is 2.31. The monoisotopic (exact) mass is 351 g/mol. The van der Waals surface area contributed by atoms with Crippen LogP contribution in [0.3, 0.4) is 0 Å². The second-order valence-electron chi connectivity index (χ2n) is 6.51. The summed E-state index contributed by atoms with van der Waals surface area (Å²) < 4.78 is 13.1. The van der Waals surface area contributed by atoms with E-state index in [2.05, 4.69) is 41.2 Å². The molecule has 1 aromatic heterocycles. The molecule has 0 saturated heterocycles. The van der Waals surface area contributed by atoms with Gasteiger partial charge in [0, 0.05) is 12.7 Å². The fourth-order valence-corrected chi connectivity index (χ4v) is 2.59. The minimum absolute atomic E-state index is 0.584. The molecule has 3 aromatic rings. The van der Waals surface area contributed by atoms with Gasteiger partial charge >= 0.3 is 0 Å². The van der Waals surface area contributed by atoms with Crippen molar-refractivity contribution in [3.63, 3.8) is 0 Å². The minimum atomic E-state index is 0.584. The fourth-order valence-electron chi connectivity index (χ4n) is 2.59. The summed E-state index contributed by atoms with van der Waals surface area (Å²) in [4.78, 5) is 2.09. The third-order valence-electron chi connectivity index (χ3n) is 4.16. The third kappa shape index (κ3) is 4.24. The van der Waals surface area contributed by atoms with Crippen LogP contribution in [0.4, 0.5) is 0 Å². The van der Waals surface area contributed by atoms with Crippen LogP contribution in [0.5, 0.6) is 11.6 Å². The van der Waals surface area contributed by atoms with Gasteiger partial charge in [-0.1, -0.05) is 29.8 Å². The molecule has 26 heavy (non-hydrogen) atoms. The quantitative estimate of drug-likeness (QED) is 0.649. The molecule has 0 atom stereocenters. The van der Waals surface area contributed by atoms with Crippen LogP contribution < -0.4 is 9.47 Å². The molecule has 2 aromatic carbocycles. The highest BCUT2D eigenvalue weighted by atomic mass is 16.5. The number of hydrogen-bond acceptors (Lipinski definition) is 4. The van der Waals surface area contributed by atoms with Crippen molar-refractivity contribution < 1.29 is 9.47 Å². The zero-order chi connectivity index (χ0) is 18.5. The van der Waals surface area contributed by atoms with E-state index in [1.165, 1.54) is 5.56 Å². The first-order chi connectivity index (χ1) is 12.6. The summed E-state index contributed by atoms with van der Waals surface area (Å²) in [6, 6.07) is 16.2. The molecule has 3 rings (SSSR count). The van der Waals surface area contributed by atoms with Crippen LogP contribution >= 0.6 is 0 Å². The Morgan fingerprint density at radius 3 is 2.31 bits per heavy atom. The van der Waals surface area contributed by atoms with Crippen molar-refractivity contribution in [1.82, 2.24) is 14.7 Å². The number of nitrogens with zero attached hydrogens (tertiary/aromatic N) is 3. The van der Waals surface area contributed by atoms with Gasteiger partial charge in [-0.05, 0) is 50.8 Å². The molecule has 0 aliphatic rings. The van der Waals surface area contributed by atoms with Gasteiger partial charge in [0.25, 0.3) is 0 Å². The van der Waals surface area contributed by atoms with Crippen LogP contribution in [-0.2, 0) is 0 Å². The number of rotatable bonds is 7. The Bertz CT molecular complexity index is 837. The van der Waals surface area contributed by atoms with E-state index in [4.69, 9.17) is 9.47 Å². The number of methoxy groups -OCH3 is 1. The van der Waals surface area contributed by atoms with Crippen molar-refractivity contribution in [2.75, 3.05) is 34.4 Å². The molecule has 0 amide bonds. The fraction of sp³-hybridized carbons (Fsp3) is 0.286. The molecule has 0 spiro atoms. The highest BCUT2D eigenvalue weighted by Gasteiger charge is 2.14. The topological polar surface area (TPSA) is 39.5 Å². The van der Waals surface area contributed by atoms with Crippen LogP contribution in [0, 0.1) is 6.92 Å². The van der Waals surface area contributed by atoms with Crippen molar-refractivity contribution in [1.29, 1.82) is 0 Å². The third-order valence-corrected chi connectivity index (χ3v) is 4.16. The predicted molar refractivity (Wildman–Crippen MR) is 104 cm³/mol. The standard InChI is InChI=1S/C21H25N3O2/c1-16-5-9-18(10-6-16)24-15-20(17-7-11-19(25-4)12-8-17)21(22-24)26-14-13-23(2)3/h5-12,15H,13-14H2,1-4H3. The number of hydrogen-bond donors (Lipinski definition) is 0. The van der Waals surface area contributed by atoms with Gasteiger partial charge in [-0.15, -0.1) is 5.10 Å². The Hall–Kier alpha value is -2.79. The number of aromatic nitrogens is 2. The second kappa shape index (κ2) is 8.06. The van der Waals surface area contributed by atoms with E-state index < -0.39 is 0 Å². The number of aryl methyl sites for hydroxylation is 1. The average molecular weight is 351 g/mol. The summed E-state index contributed by atoms with van der Waals surface area (Å²) >= 11 is 0. The highest BCUT2D eigenvalue weighted by molar-refractivity contribution is 5.69. The lowest BCUT2D eigenvalue weighted by Crippen LogP contribution is -2.19. The van der Waals surface area contributed by atoms with Crippen LogP contribution in [0.15, 0.2) is 54.7 Å². The van der Waals surface area contributed by atoms with E-state index >= 15 is 0 Å². The van der Waals surface area contributed by atoms with E-state index in [-0.39, 0.29) is 0 Å². The summed E-state index contributed by atoms with van der Waals surface area (Å²) in [5.74, 6) is 1.47. The Morgan fingerprint density at radius 2 is 1.69 bits per heavy atom. The molecule has 0 unspecified atom stereocenters. The smallest absolute Gasteiger partial charge is 0.241 e. The molecule has 0 fully saturated rings. The Labute approximate surface area is 154 Å². The molecule has 0 saturated carbocycles. The maximum absolute atomic E-state index is 5.98. The molecular formula is C21H25N3O2. The summed E-state index contributed by atoms with van der Waals surface area (Å²) in [5, 5.41) is 4.67.